The maximum absolute atomic E-state index is 12.8. The molecule has 1 saturated heterocycles. The maximum Gasteiger partial charge on any atom is 0.289 e. The fourth-order valence-corrected chi connectivity index (χ4v) is 3.36. The SMILES string of the molecule is O=C(c1nc2ccccc2[nH]1)N1CCC[C@@H](c2ccccc2)C1. The van der Waals surface area contributed by atoms with E-state index in [4.69, 9.17) is 0 Å². The zero-order chi connectivity index (χ0) is 15.6. The summed E-state index contributed by atoms with van der Waals surface area (Å²) in [5, 5.41) is 0. The molecule has 3 aromatic rings. The molecule has 4 nitrogen and oxygen atoms in total. The normalized spacial score (nSPS) is 18.3. The molecule has 1 amide bonds. The number of aromatic amines is 1. The number of likely N-dealkylation sites (tertiary alicyclic amines) is 1. The summed E-state index contributed by atoms with van der Waals surface area (Å²) in [6.07, 6.45) is 2.17. The number of aromatic nitrogens is 2. The number of para-hydroxylation sites is 2. The zero-order valence-corrected chi connectivity index (χ0v) is 12.9. The second-order valence-corrected chi connectivity index (χ2v) is 6.10. The van der Waals surface area contributed by atoms with Crippen LogP contribution in [0, 0.1) is 0 Å². The van der Waals surface area contributed by atoms with Crippen molar-refractivity contribution in [3.05, 3.63) is 66.0 Å². The summed E-state index contributed by atoms with van der Waals surface area (Å²) in [5.41, 5.74) is 3.06. The number of benzene rings is 2. The average molecular weight is 305 g/mol. The molecule has 116 valence electrons. The van der Waals surface area contributed by atoms with Crippen LogP contribution in [0.25, 0.3) is 11.0 Å². The van der Waals surface area contributed by atoms with Crippen molar-refractivity contribution in [1.29, 1.82) is 0 Å². The summed E-state index contributed by atoms with van der Waals surface area (Å²) < 4.78 is 0. The smallest absolute Gasteiger partial charge is 0.289 e. The van der Waals surface area contributed by atoms with E-state index < -0.39 is 0 Å². The molecule has 1 aliphatic rings. The van der Waals surface area contributed by atoms with Gasteiger partial charge in [0.25, 0.3) is 5.91 Å². The van der Waals surface area contributed by atoms with Crippen LogP contribution in [0.2, 0.25) is 0 Å². The molecule has 0 unspecified atom stereocenters. The van der Waals surface area contributed by atoms with E-state index in [1.807, 2.05) is 35.2 Å². The van der Waals surface area contributed by atoms with Crippen molar-refractivity contribution in [3.8, 4) is 0 Å². The molecule has 0 aliphatic carbocycles. The molecule has 0 bridgehead atoms. The highest BCUT2D eigenvalue weighted by Crippen LogP contribution is 2.27. The molecule has 2 heterocycles. The quantitative estimate of drug-likeness (QED) is 0.786. The number of hydrogen-bond donors (Lipinski definition) is 1. The van der Waals surface area contributed by atoms with Crippen molar-refractivity contribution in [1.82, 2.24) is 14.9 Å². The number of nitrogens with one attached hydrogen (secondary N) is 1. The van der Waals surface area contributed by atoms with Gasteiger partial charge in [0.1, 0.15) is 0 Å². The van der Waals surface area contributed by atoms with E-state index in [1.54, 1.807) is 0 Å². The summed E-state index contributed by atoms with van der Waals surface area (Å²) in [4.78, 5) is 22.3. The van der Waals surface area contributed by atoms with E-state index in [-0.39, 0.29) is 5.91 Å². The minimum absolute atomic E-state index is 0.00170. The minimum Gasteiger partial charge on any atom is -0.335 e. The summed E-state index contributed by atoms with van der Waals surface area (Å²) in [6, 6.07) is 18.2. The first-order valence-electron chi connectivity index (χ1n) is 8.10. The Labute approximate surface area is 135 Å². The highest BCUT2D eigenvalue weighted by Gasteiger charge is 2.26. The van der Waals surface area contributed by atoms with Crippen LogP contribution in [-0.2, 0) is 0 Å². The number of hydrogen-bond acceptors (Lipinski definition) is 2. The van der Waals surface area contributed by atoms with E-state index in [9.17, 15) is 4.79 Å². The van der Waals surface area contributed by atoms with Gasteiger partial charge < -0.3 is 9.88 Å². The third-order valence-electron chi connectivity index (χ3n) is 4.57. The number of amides is 1. The van der Waals surface area contributed by atoms with E-state index in [2.05, 4.69) is 34.2 Å². The Bertz CT molecular complexity index is 792. The number of carbonyl (C=O) groups excluding carboxylic acids is 1. The van der Waals surface area contributed by atoms with Crippen molar-refractivity contribution >= 4 is 16.9 Å². The molecule has 2 aromatic carbocycles. The molecule has 0 saturated carbocycles. The van der Waals surface area contributed by atoms with Gasteiger partial charge in [0.15, 0.2) is 5.82 Å². The largest absolute Gasteiger partial charge is 0.335 e. The van der Waals surface area contributed by atoms with E-state index >= 15 is 0 Å². The number of imidazole rings is 1. The highest BCUT2D eigenvalue weighted by atomic mass is 16.2. The summed E-state index contributed by atoms with van der Waals surface area (Å²) in [5.74, 6) is 0.861. The molecule has 4 heteroatoms. The number of carbonyl (C=O) groups is 1. The van der Waals surface area contributed by atoms with E-state index in [1.165, 1.54) is 5.56 Å². The fourth-order valence-electron chi connectivity index (χ4n) is 3.36. The number of H-pyrrole nitrogens is 1. The lowest BCUT2D eigenvalue weighted by atomic mass is 9.90. The van der Waals surface area contributed by atoms with Crippen molar-refractivity contribution < 1.29 is 4.79 Å². The minimum atomic E-state index is 0.00170. The van der Waals surface area contributed by atoms with Gasteiger partial charge in [0.2, 0.25) is 0 Å². The third-order valence-corrected chi connectivity index (χ3v) is 4.57. The topological polar surface area (TPSA) is 49.0 Å². The molecule has 23 heavy (non-hydrogen) atoms. The van der Waals surface area contributed by atoms with Crippen LogP contribution >= 0.6 is 0 Å². The first-order valence-corrected chi connectivity index (χ1v) is 8.10. The van der Waals surface area contributed by atoms with Crippen molar-refractivity contribution in [2.45, 2.75) is 18.8 Å². The number of fused-ring (bicyclic) bond motifs is 1. The standard InChI is InChI=1S/C19H19N3O/c23-19(18-20-16-10-4-5-11-17(16)21-18)22-12-6-9-15(13-22)14-7-2-1-3-8-14/h1-5,7-8,10-11,15H,6,9,12-13H2,(H,20,21)/t15-/m1/s1. The molecule has 0 radical (unpaired) electrons. The van der Waals surface area contributed by atoms with Crippen molar-refractivity contribution in [2.24, 2.45) is 0 Å². The Morgan fingerprint density at radius 3 is 2.70 bits per heavy atom. The fraction of sp³-hybridized carbons (Fsp3) is 0.263. The van der Waals surface area contributed by atoms with E-state index in [0.29, 0.717) is 11.7 Å². The summed E-state index contributed by atoms with van der Waals surface area (Å²) in [6.45, 7) is 1.57. The zero-order valence-electron chi connectivity index (χ0n) is 12.9. The molecule has 1 N–H and O–H groups in total. The maximum atomic E-state index is 12.8. The molecular weight excluding hydrogens is 286 g/mol. The molecule has 1 aromatic heterocycles. The van der Waals surface area contributed by atoms with Crippen LogP contribution in [0.15, 0.2) is 54.6 Å². The van der Waals surface area contributed by atoms with Crippen LogP contribution < -0.4 is 0 Å². The van der Waals surface area contributed by atoms with Crippen LogP contribution in [0.1, 0.15) is 34.9 Å². The van der Waals surface area contributed by atoms with Crippen molar-refractivity contribution in [3.63, 3.8) is 0 Å². The van der Waals surface area contributed by atoms with Gasteiger partial charge in [-0.2, -0.15) is 0 Å². The molecular formula is C19H19N3O. The lowest BCUT2D eigenvalue weighted by Crippen LogP contribution is -2.39. The van der Waals surface area contributed by atoms with Crippen LogP contribution in [0.5, 0.6) is 0 Å². The van der Waals surface area contributed by atoms with Gasteiger partial charge in [-0.05, 0) is 30.5 Å². The molecule has 1 fully saturated rings. The van der Waals surface area contributed by atoms with Gasteiger partial charge in [-0.15, -0.1) is 0 Å². The number of piperidine rings is 1. The van der Waals surface area contributed by atoms with Crippen LogP contribution in [-0.4, -0.2) is 33.9 Å². The lowest BCUT2D eigenvalue weighted by Gasteiger charge is -2.32. The summed E-state index contributed by atoms with van der Waals surface area (Å²) in [7, 11) is 0. The van der Waals surface area contributed by atoms with Crippen molar-refractivity contribution in [2.75, 3.05) is 13.1 Å². The molecule has 0 spiro atoms. The van der Waals surface area contributed by atoms with Gasteiger partial charge >= 0.3 is 0 Å². The van der Waals surface area contributed by atoms with E-state index in [0.717, 1.165) is 37.0 Å². The average Bonchev–Trinajstić information content (AvgIpc) is 3.06. The molecule has 4 rings (SSSR count). The number of rotatable bonds is 2. The van der Waals surface area contributed by atoms with Crippen LogP contribution in [0.3, 0.4) is 0 Å². The monoisotopic (exact) mass is 305 g/mol. The van der Waals surface area contributed by atoms with Gasteiger partial charge in [-0.3, -0.25) is 4.79 Å². The Morgan fingerprint density at radius 1 is 1.09 bits per heavy atom. The van der Waals surface area contributed by atoms with Gasteiger partial charge in [-0.1, -0.05) is 42.5 Å². The first kappa shape index (κ1) is 14.0. The molecule has 1 atom stereocenters. The number of nitrogens with zero attached hydrogens (tertiary/aromatic N) is 2. The van der Waals surface area contributed by atoms with Crippen LogP contribution in [0.4, 0.5) is 0 Å². The Kier molecular flexibility index (Phi) is 3.58. The van der Waals surface area contributed by atoms with Gasteiger partial charge in [-0.25, -0.2) is 4.98 Å². The van der Waals surface area contributed by atoms with Gasteiger partial charge in [0, 0.05) is 19.0 Å². The Balaban J connectivity index is 1.56. The van der Waals surface area contributed by atoms with Gasteiger partial charge in [0.05, 0.1) is 11.0 Å². The second-order valence-electron chi connectivity index (χ2n) is 6.10. The summed E-state index contributed by atoms with van der Waals surface area (Å²) >= 11 is 0. The molecule has 1 aliphatic heterocycles. The lowest BCUT2D eigenvalue weighted by molar-refractivity contribution is 0.0696. The highest BCUT2D eigenvalue weighted by molar-refractivity contribution is 5.94. The Hall–Kier alpha value is -2.62. The predicted molar refractivity (Wildman–Crippen MR) is 90.4 cm³/mol. The third kappa shape index (κ3) is 2.72. The predicted octanol–water partition coefficient (Wildman–Crippen LogP) is 3.58. The Morgan fingerprint density at radius 2 is 1.87 bits per heavy atom. The second kappa shape index (κ2) is 5.88. The first-order chi connectivity index (χ1) is 11.3.